The first-order valence-electron chi connectivity index (χ1n) is 4.98. The van der Waals surface area contributed by atoms with E-state index in [0.29, 0.717) is 16.9 Å². The highest BCUT2D eigenvalue weighted by Crippen LogP contribution is 2.31. The van der Waals surface area contributed by atoms with Gasteiger partial charge in [0.1, 0.15) is 11.6 Å². The van der Waals surface area contributed by atoms with E-state index in [0.717, 1.165) is 5.69 Å². The molecule has 0 spiro atoms. The molecule has 1 aromatic carbocycles. The molecule has 82 valence electrons. The number of rotatable bonds is 2. The fourth-order valence-corrected chi connectivity index (χ4v) is 1.59. The van der Waals surface area contributed by atoms with Crippen molar-refractivity contribution in [3.63, 3.8) is 0 Å². The maximum absolute atomic E-state index is 13.6. The summed E-state index contributed by atoms with van der Waals surface area (Å²) in [6.07, 6.45) is 1.63. The molecule has 0 saturated carbocycles. The van der Waals surface area contributed by atoms with Crippen LogP contribution in [0.1, 0.15) is 5.69 Å². The number of aryl methyl sites for hydroxylation is 1. The first kappa shape index (κ1) is 10.6. The summed E-state index contributed by atoms with van der Waals surface area (Å²) < 4.78 is 18.8. The molecule has 16 heavy (non-hydrogen) atoms. The third-order valence-electron chi connectivity index (χ3n) is 2.39. The molecule has 3 heteroatoms. The molecule has 0 aliphatic carbocycles. The molecule has 0 unspecified atom stereocenters. The van der Waals surface area contributed by atoms with Gasteiger partial charge in [-0.3, -0.25) is 4.98 Å². The van der Waals surface area contributed by atoms with Gasteiger partial charge in [-0.15, -0.1) is 0 Å². The van der Waals surface area contributed by atoms with Crippen LogP contribution in [-0.4, -0.2) is 12.1 Å². The van der Waals surface area contributed by atoms with Gasteiger partial charge in [0, 0.05) is 29.1 Å². The summed E-state index contributed by atoms with van der Waals surface area (Å²) in [5.74, 6) is 0.365. The van der Waals surface area contributed by atoms with Crippen molar-refractivity contribution in [2.75, 3.05) is 7.11 Å². The Hall–Kier alpha value is -1.90. The van der Waals surface area contributed by atoms with Crippen LogP contribution in [0.5, 0.6) is 5.75 Å². The van der Waals surface area contributed by atoms with E-state index in [4.69, 9.17) is 4.74 Å². The predicted molar refractivity (Wildman–Crippen MR) is 60.9 cm³/mol. The Morgan fingerprint density at radius 2 is 1.94 bits per heavy atom. The van der Waals surface area contributed by atoms with Crippen molar-refractivity contribution in [3.05, 3.63) is 48.0 Å². The zero-order chi connectivity index (χ0) is 11.5. The van der Waals surface area contributed by atoms with Gasteiger partial charge in [0.05, 0.1) is 7.11 Å². The van der Waals surface area contributed by atoms with Crippen LogP contribution in [-0.2, 0) is 0 Å². The Balaban J connectivity index is 2.60. The number of aromatic nitrogens is 1. The third-order valence-corrected chi connectivity index (χ3v) is 2.39. The molecule has 0 N–H and O–H groups in total. The van der Waals surface area contributed by atoms with Crippen LogP contribution in [0.3, 0.4) is 0 Å². The van der Waals surface area contributed by atoms with Crippen LogP contribution in [0.15, 0.2) is 36.5 Å². The number of pyridine rings is 1. The highest BCUT2D eigenvalue weighted by atomic mass is 19.1. The lowest BCUT2D eigenvalue weighted by Crippen LogP contribution is -1.93. The van der Waals surface area contributed by atoms with E-state index < -0.39 is 0 Å². The summed E-state index contributed by atoms with van der Waals surface area (Å²) in [7, 11) is 1.57. The fraction of sp³-hybridized carbons (Fsp3) is 0.154. The van der Waals surface area contributed by atoms with E-state index >= 15 is 0 Å². The Morgan fingerprint density at radius 1 is 1.19 bits per heavy atom. The first-order chi connectivity index (χ1) is 7.72. The molecule has 0 fully saturated rings. The van der Waals surface area contributed by atoms with Crippen molar-refractivity contribution in [2.45, 2.75) is 6.92 Å². The Kier molecular flexibility index (Phi) is 2.86. The highest BCUT2D eigenvalue weighted by molar-refractivity contribution is 5.70. The van der Waals surface area contributed by atoms with E-state index in [1.807, 2.05) is 6.92 Å². The van der Waals surface area contributed by atoms with Crippen molar-refractivity contribution in [1.82, 2.24) is 4.98 Å². The third kappa shape index (κ3) is 1.89. The quantitative estimate of drug-likeness (QED) is 0.770. The van der Waals surface area contributed by atoms with E-state index in [1.54, 1.807) is 37.6 Å². The van der Waals surface area contributed by atoms with Crippen LogP contribution in [0.25, 0.3) is 11.1 Å². The lowest BCUT2D eigenvalue weighted by atomic mass is 10.1. The summed E-state index contributed by atoms with van der Waals surface area (Å²) in [5, 5.41) is 0. The van der Waals surface area contributed by atoms with E-state index in [2.05, 4.69) is 4.98 Å². The van der Waals surface area contributed by atoms with Gasteiger partial charge in [-0.1, -0.05) is 18.2 Å². The number of benzene rings is 1. The number of ether oxygens (including phenoxy) is 1. The second-order valence-corrected chi connectivity index (χ2v) is 3.51. The minimum absolute atomic E-state index is 0.272. The number of nitrogens with zero attached hydrogens (tertiary/aromatic N) is 1. The van der Waals surface area contributed by atoms with Crippen molar-refractivity contribution in [2.24, 2.45) is 0 Å². The molecule has 0 saturated heterocycles. The van der Waals surface area contributed by atoms with Gasteiger partial charge in [-0.2, -0.15) is 0 Å². The van der Waals surface area contributed by atoms with Crippen molar-refractivity contribution in [1.29, 1.82) is 0 Å². The second kappa shape index (κ2) is 4.31. The first-order valence-corrected chi connectivity index (χ1v) is 4.98. The molecule has 2 nitrogen and oxygen atoms in total. The monoisotopic (exact) mass is 217 g/mol. The molecular formula is C13H12FNO. The van der Waals surface area contributed by atoms with Gasteiger partial charge in [0.25, 0.3) is 0 Å². The Bertz CT molecular complexity index is 511. The normalized spacial score (nSPS) is 10.2. The maximum Gasteiger partial charge on any atom is 0.131 e. The number of hydrogen-bond acceptors (Lipinski definition) is 2. The Morgan fingerprint density at radius 3 is 2.62 bits per heavy atom. The molecule has 0 aliphatic rings. The molecule has 2 aromatic rings. The molecule has 0 atom stereocenters. The van der Waals surface area contributed by atoms with Crippen LogP contribution >= 0.6 is 0 Å². The summed E-state index contributed by atoms with van der Waals surface area (Å²) in [4.78, 5) is 4.16. The number of hydrogen-bond donors (Lipinski definition) is 0. The molecule has 2 rings (SSSR count). The van der Waals surface area contributed by atoms with E-state index in [9.17, 15) is 4.39 Å². The van der Waals surface area contributed by atoms with Crippen LogP contribution in [0.2, 0.25) is 0 Å². The molecule has 0 amide bonds. The molecule has 1 aromatic heterocycles. The van der Waals surface area contributed by atoms with Gasteiger partial charge in [0.2, 0.25) is 0 Å². The summed E-state index contributed by atoms with van der Waals surface area (Å²) in [5.41, 5.74) is 2.02. The van der Waals surface area contributed by atoms with Crippen molar-refractivity contribution in [3.8, 4) is 16.9 Å². The summed E-state index contributed by atoms with van der Waals surface area (Å²) >= 11 is 0. The predicted octanol–water partition coefficient (Wildman–Crippen LogP) is 3.20. The molecule has 1 heterocycles. The van der Waals surface area contributed by atoms with Crippen LogP contribution in [0.4, 0.5) is 4.39 Å². The zero-order valence-electron chi connectivity index (χ0n) is 9.20. The van der Waals surface area contributed by atoms with Gasteiger partial charge in [0.15, 0.2) is 0 Å². The maximum atomic E-state index is 13.6. The molecule has 0 bridgehead atoms. The molecule has 0 aliphatic heterocycles. The summed E-state index contributed by atoms with van der Waals surface area (Å²) in [6, 6.07) is 8.38. The Labute approximate surface area is 93.7 Å². The molecule has 0 radical (unpaired) electrons. The highest BCUT2D eigenvalue weighted by Gasteiger charge is 2.10. The van der Waals surface area contributed by atoms with Crippen LogP contribution in [0, 0.1) is 12.7 Å². The van der Waals surface area contributed by atoms with Crippen molar-refractivity contribution >= 4 is 0 Å². The van der Waals surface area contributed by atoms with Gasteiger partial charge < -0.3 is 4.74 Å². The van der Waals surface area contributed by atoms with Gasteiger partial charge >= 0.3 is 0 Å². The number of halogens is 1. The standard InChI is InChI=1S/C13H12FNO/c1-9-7-13(16-2)11(8-15-9)10-5-3-4-6-12(10)14/h3-8H,1-2H3. The SMILES string of the molecule is COc1cc(C)ncc1-c1ccccc1F. The largest absolute Gasteiger partial charge is 0.496 e. The second-order valence-electron chi connectivity index (χ2n) is 3.51. The smallest absolute Gasteiger partial charge is 0.131 e. The molecular weight excluding hydrogens is 205 g/mol. The average Bonchev–Trinajstić information content (AvgIpc) is 2.30. The number of methoxy groups -OCH3 is 1. The minimum Gasteiger partial charge on any atom is -0.496 e. The van der Waals surface area contributed by atoms with Crippen LogP contribution < -0.4 is 4.74 Å². The zero-order valence-corrected chi connectivity index (χ0v) is 9.20. The lowest BCUT2D eigenvalue weighted by molar-refractivity contribution is 0.415. The van der Waals surface area contributed by atoms with E-state index in [1.165, 1.54) is 6.07 Å². The average molecular weight is 217 g/mol. The fourth-order valence-electron chi connectivity index (χ4n) is 1.59. The van der Waals surface area contributed by atoms with Gasteiger partial charge in [-0.05, 0) is 13.0 Å². The summed E-state index contributed by atoms with van der Waals surface area (Å²) in [6.45, 7) is 1.87. The lowest BCUT2D eigenvalue weighted by Gasteiger charge is -2.09. The topological polar surface area (TPSA) is 22.1 Å². The van der Waals surface area contributed by atoms with Crippen molar-refractivity contribution < 1.29 is 9.13 Å². The van der Waals surface area contributed by atoms with E-state index in [-0.39, 0.29) is 5.82 Å². The van der Waals surface area contributed by atoms with Gasteiger partial charge in [-0.25, -0.2) is 4.39 Å². The minimum atomic E-state index is -0.272.